The van der Waals surface area contributed by atoms with Crippen LogP contribution in [0.25, 0.3) is 0 Å². The van der Waals surface area contributed by atoms with E-state index in [-0.39, 0.29) is 140 Å². The van der Waals surface area contributed by atoms with E-state index in [4.69, 9.17) is 0 Å². The van der Waals surface area contributed by atoms with E-state index in [1.807, 2.05) is 0 Å². The Kier molecular flexibility index (Phi) is 155. The second-order valence-electron chi connectivity index (χ2n) is 0. The van der Waals surface area contributed by atoms with Gasteiger partial charge in [0, 0.05) is 140 Å². The number of hydrogen-bond acceptors (Lipinski definition) is 0. The van der Waals surface area contributed by atoms with Gasteiger partial charge in [-0.1, -0.05) is 0 Å². The Morgan fingerprint density at radius 2 is 0.800 bits per heavy atom. The molecule has 0 amide bonds. The summed E-state index contributed by atoms with van der Waals surface area (Å²) in [6.45, 7) is 0. The smallest absolute Gasteiger partial charge is 0 e. The zero-order chi connectivity index (χ0) is 0. The van der Waals surface area contributed by atoms with Crippen LogP contribution in [0.1, 0.15) is 0 Å². The van der Waals surface area contributed by atoms with Crippen molar-refractivity contribution >= 4 is 78.5 Å². The van der Waals surface area contributed by atoms with E-state index in [2.05, 4.69) is 0 Å². The van der Waals surface area contributed by atoms with Crippen molar-refractivity contribution in [3.63, 3.8) is 0 Å². The monoisotopic (exact) mass is 765 g/mol. The molecule has 0 bridgehead atoms. The van der Waals surface area contributed by atoms with Crippen LogP contribution in [0.5, 0.6) is 0 Å². The second-order valence-corrected chi connectivity index (χ2v) is 0. The first-order chi connectivity index (χ1) is 0. The molecule has 0 heterocycles. The maximum atomic E-state index is 0. The van der Waals surface area contributed by atoms with E-state index in [0.29, 0.717) is 0 Å². The fourth-order valence-corrected chi connectivity index (χ4v) is 0. The standard InChI is InChI=1S/La.2Pb.Sn.Zr. The SMILES string of the molecule is [La].[Pb].[Pb].[Sn].[Zr]. The Bertz CT molecular complexity index is 9.61. The Morgan fingerprint density at radius 3 is 0.800 bits per heavy atom. The molecule has 0 saturated heterocycles. The van der Waals surface area contributed by atoms with Crippen LogP contribution in [0.4, 0.5) is 0 Å². The summed E-state index contributed by atoms with van der Waals surface area (Å²) in [6.07, 6.45) is 0. The first kappa shape index (κ1) is 33.2. The summed E-state index contributed by atoms with van der Waals surface area (Å²) in [5, 5.41) is 0. The van der Waals surface area contributed by atoms with E-state index in [1.54, 1.807) is 0 Å². The van der Waals surface area contributed by atoms with E-state index < -0.39 is 0 Å². The molecule has 13 radical (unpaired) electrons. The molecule has 19 valence electrons. The van der Waals surface area contributed by atoms with Gasteiger partial charge in [0.1, 0.15) is 0 Å². The van der Waals surface area contributed by atoms with Crippen molar-refractivity contribution in [3.05, 3.63) is 0 Å². The average Bonchev–Trinajstić information content (AvgIpc) is 0. The van der Waals surface area contributed by atoms with Gasteiger partial charge in [-0.2, -0.15) is 0 Å². The van der Waals surface area contributed by atoms with Crippen LogP contribution in [-0.2, 0) is 26.2 Å². The molecule has 0 fully saturated rings. The van der Waals surface area contributed by atoms with Crippen molar-refractivity contribution in [2.45, 2.75) is 0 Å². The molecular formula is LaPb2SnZr. The summed E-state index contributed by atoms with van der Waals surface area (Å²) < 4.78 is 0. The van der Waals surface area contributed by atoms with Gasteiger partial charge in [0.25, 0.3) is 0 Å². The Hall–Kier alpha value is 4.72. The summed E-state index contributed by atoms with van der Waals surface area (Å²) in [5.41, 5.74) is 0. The van der Waals surface area contributed by atoms with Crippen molar-refractivity contribution < 1.29 is 61.8 Å². The number of rotatable bonds is 0. The molecule has 0 aromatic rings. The van der Waals surface area contributed by atoms with Crippen LogP contribution in [-0.4, -0.2) is 78.5 Å². The molecule has 0 N–H and O–H groups in total. The number of hydrogen-bond donors (Lipinski definition) is 0. The summed E-state index contributed by atoms with van der Waals surface area (Å²) in [4.78, 5) is 0. The van der Waals surface area contributed by atoms with Crippen LogP contribution < -0.4 is 0 Å². The molecule has 0 aliphatic carbocycles. The molecule has 0 rings (SSSR count). The summed E-state index contributed by atoms with van der Waals surface area (Å²) in [5.74, 6) is 0. The molecule has 5 heteroatoms. The molecule has 5 heavy (non-hydrogen) atoms. The van der Waals surface area contributed by atoms with Crippen molar-refractivity contribution in [1.29, 1.82) is 0 Å². The van der Waals surface area contributed by atoms with Gasteiger partial charge in [0.2, 0.25) is 0 Å². The van der Waals surface area contributed by atoms with Gasteiger partial charge >= 0.3 is 0 Å². The normalized spacial score (nSPS) is 0. The third kappa shape index (κ3) is 17.7. The predicted molar refractivity (Wildman–Crippen MR) is 17.3 cm³/mol. The summed E-state index contributed by atoms with van der Waals surface area (Å²) >= 11 is 0. The molecule has 0 nitrogen and oxygen atoms in total. The van der Waals surface area contributed by atoms with Gasteiger partial charge in [-0.15, -0.1) is 0 Å². The molecule has 0 aromatic carbocycles. The van der Waals surface area contributed by atoms with Crippen molar-refractivity contribution in [2.24, 2.45) is 0 Å². The van der Waals surface area contributed by atoms with Gasteiger partial charge in [-0.3, -0.25) is 0 Å². The second kappa shape index (κ2) is 23.3. The molecule has 0 spiro atoms. The quantitative estimate of drug-likeness (QED) is 0.274. The zero-order valence-electron chi connectivity index (χ0n) is 2.58. The minimum atomic E-state index is 0. The van der Waals surface area contributed by atoms with E-state index in [0.717, 1.165) is 0 Å². The topological polar surface area (TPSA) is 0 Å². The van der Waals surface area contributed by atoms with E-state index in [1.165, 1.54) is 0 Å². The van der Waals surface area contributed by atoms with Crippen molar-refractivity contribution in [1.82, 2.24) is 0 Å². The maximum absolute atomic E-state index is 0. The van der Waals surface area contributed by atoms with Gasteiger partial charge in [-0.25, -0.2) is 0 Å². The van der Waals surface area contributed by atoms with Crippen LogP contribution in [0, 0.1) is 35.6 Å². The van der Waals surface area contributed by atoms with Gasteiger partial charge < -0.3 is 0 Å². The predicted octanol–water partition coefficient (Wildman–Crippen LogP) is -1.14. The van der Waals surface area contributed by atoms with E-state index >= 15 is 0 Å². The molecule has 0 aromatic heterocycles. The Balaban J connectivity index is 0. The maximum Gasteiger partial charge on any atom is 0 e. The van der Waals surface area contributed by atoms with Crippen LogP contribution in [0.2, 0.25) is 0 Å². The molecule has 0 aliphatic rings. The first-order valence-corrected chi connectivity index (χ1v) is 0. The van der Waals surface area contributed by atoms with Crippen molar-refractivity contribution in [2.75, 3.05) is 0 Å². The van der Waals surface area contributed by atoms with Crippen LogP contribution in [0.15, 0.2) is 0 Å². The average molecular weight is 763 g/mol. The zero-order valence-corrected chi connectivity index (χ0v) is 19.3. The van der Waals surface area contributed by atoms with Gasteiger partial charge in [0.05, 0.1) is 0 Å². The molecular weight excluding hydrogens is 763 g/mol. The third-order valence-electron chi connectivity index (χ3n) is 0. The third-order valence-corrected chi connectivity index (χ3v) is 0. The summed E-state index contributed by atoms with van der Waals surface area (Å²) in [7, 11) is 0. The van der Waals surface area contributed by atoms with Gasteiger partial charge in [-0.05, 0) is 0 Å². The Morgan fingerprint density at radius 1 is 0.800 bits per heavy atom. The molecule has 0 atom stereocenters. The largest absolute Gasteiger partial charge is 0 e. The first-order valence-electron chi connectivity index (χ1n) is 0. The van der Waals surface area contributed by atoms with Gasteiger partial charge in [0.15, 0.2) is 0 Å². The molecule has 0 aliphatic heterocycles. The Labute approximate surface area is 136 Å². The summed E-state index contributed by atoms with van der Waals surface area (Å²) in [6, 6.07) is 0. The van der Waals surface area contributed by atoms with Crippen molar-refractivity contribution in [3.8, 4) is 0 Å². The van der Waals surface area contributed by atoms with Crippen LogP contribution in [0.3, 0.4) is 0 Å². The van der Waals surface area contributed by atoms with Crippen LogP contribution >= 0.6 is 0 Å². The molecule has 0 unspecified atom stereocenters. The van der Waals surface area contributed by atoms with E-state index in [9.17, 15) is 0 Å². The molecule has 0 saturated carbocycles. The fourth-order valence-electron chi connectivity index (χ4n) is 0. The minimum Gasteiger partial charge on any atom is 0 e. The minimum absolute atomic E-state index is 0. The fraction of sp³-hybridized carbons (Fsp3) is 0.